The number of benzene rings is 2. The van der Waals surface area contributed by atoms with E-state index in [1.807, 2.05) is 52.3 Å². The number of carbonyl (C=O) groups is 2. The molecule has 28 heavy (non-hydrogen) atoms. The van der Waals surface area contributed by atoms with Gasteiger partial charge >= 0.3 is 0 Å². The first-order valence-electron chi connectivity index (χ1n) is 9.61. The molecule has 5 nitrogen and oxygen atoms in total. The fourth-order valence-corrected chi connectivity index (χ4v) is 4.60. The number of fused-ring (bicyclic) bond motifs is 4. The molecule has 2 aliphatic rings. The fourth-order valence-electron chi connectivity index (χ4n) is 4.60. The third-order valence-corrected chi connectivity index (χ3v) is 6.04. The van der Waals surface area contributed by atoms with E-state index in [-0.39, 0.29) is 23.8 Å². The predicted molar refractivity (Wildman–Crippen MR) is 107 cm³/mol. The van der Waals surface area contributed by atoms with E-state index in [2.05, 4.69) is 17.1 Å². The second-order valence-corrected chi connectivity index (χ2v) is 7.64. The standard InChI is InChI=1S/C23H21N3O2/c1-15(27)25-13-20-19-7-3-2-5-18(19)12-26(22(20)14-25)23(28)17-8-9-21-16(11-17)6-4-10-24-21/h2-11,20,22H,12-14H2,1H3/t20-,22-/m0/s1. The summed E-state index contributed by atoms with van der Waals surface area (Å²) in [5.74, 6) is 0.247. The maximum atomic E-state index is 13.5. The Kier molecular flexibility index (Phi) is 3.90. The van der Waals surface area contributed by atoms with Crippen molar-refractivity contribution in [1.82, 2.24) is 14.8 Å². The first kappa shape index (κ1) is 16.9. The summed E-state index contributed by atoms with van der Waals surface area (Å²) >= 11 is 0. The van der Waals surface area contributed by atoms with Crippen LogP contribution in [0.5, 0.6) is 0 Å². The Morgan fingerprint density at radius 1 is 1.04 bits per heavy atom. The SMILES string of the molecule is CC(=O)N1C[C@H]2c3ccccc3CN(C(=O)c3ccc4ncccc4c3)[C@H]2C1. The van der Waals surface area contributed by atoms with E-state index in [1.54, 1.807) is 13.1 Å². The van der Waals surface area contributed by atoms with Crippen molar-refractivity contribution in [3.05, 3.63) is 77.5 Å². The number of hydrogen-bond donors (Lipinski definition) is 0. The number of aromatic nitrogens is 1. The maximum absolute atomic E-state index is 13.5. The summed E-state index contributed by atoms with van der Waals surface area (Å²) in [5, 5.41) is 0.957. The molecule has 2 atom stereocenters. The highest BCUT2D eigenvalue weighted by Gasteiger charge is 2.44. The molecule has 2 aliphatic heterocycles. The first-order valence-corrected chi connectivity index (χ1v) is 9.61. The minimum atomic E-state index is 0.0101. The molecule has 0 bridgehead atoms. The Morgan fingerprint density at radius 3 is 2.75 bits per heavy atom. The molecule has 0 saturated carbocycles. The van der Waals surface area contributed by atoms with Crippen LogP contribution in [0.4, 0.5) is 0 Å². The molecular weight excluding hydrogens is 350 g/mol. The van der Waals surface area contributed by atoms with E-state index < -0.39 is 0 Å². The highest BCUT2D eigenvalue weighted by Crippen LogP contribution is 2.39. The number of likely N-dealkylation sites (tertiary alicyclic amines) is 1. The summed E-state index contributed by atoms with van der Waals surface area (Å²) in [7, 11) is 0. The van der Waals surface area contributed by atoms with Crippen LogP contribution in [0.2, 0.25) is 0 Å². The molecule has 2 amide bonds. The third-order valence-electron chi connectivity index (χ3n) is 6.04. The van der Waals surface area contributed by atoms with Crippen molar-refractivity contribution in [2.24, 2.45) is 0 Å². The van der Waals surface area contributed by atoms with E-state index in [0.29, 0.717) is 25.2 Å². The average molecular weight is 371 g/mol. The van der Waals surface area contributed by atoms with Gasteiger partial charge in [0.15, 0.2) is 0 Å². The predicted octanol–water partition coefficient (Wildman–Crippen LogP) is 3.21. The lowest BCUT2D eigenvalue weighted by molar-refractivity contribution is -0.128. The van der Waals surface area contributed by atoms with Gasteiger partial charge in [-0.2, -0.15) is 0 Å². The molecule has 0 unspecified atom stereocenters. The van der Waals surface area contributed by atoms with Crippen LogP contribution >= 0.6 is 0 Å². The summed E-state index contributed by atoms with van der Waals surface area (Å²) in [4.78, 5) is 33.6. The first-order chi connectivity index (χ1) is 13.6. The zero-order chi connectivity index (χ0) is 19.3. The fraction of sp³-hybridized carbons (Fsp3) is 0.261. The molecule has 3 heterocycles. The van der Waals surface area contributed by atoms with Crippen molar-refractivity contribution in [2.75, 3.05) is 13.1 Å². The van der Waals surface area contributed by atoms with Gasteiger partial charge in [-0.15, -0.1) is 0 Å². The number of amides is 2. The van der Waals surface area contributed by atoms with Crippen molar-refractivity contribution in [3.8, 4) is 0 Å². The molecule has 1 fully saturated rings. The lowest BCUT2D eigenvalue weighted by Crippen LogP contribution is -2.47. The number of carbonyl (C=O) groups excluding carboxylic acids is 2. The van der Waals surface area contributed by atoms with Crippen LogP contribution in [-0.4, -0.2) is 45.7 Å². The molecule has 2 aromatic carbocycles. The van der Waals surface area contributed by atoms with Crippen LogP contribution in [0, 0.1) is 0 Å². The summed E-state index contributed by atoms with van der Waals surface area (Å²) in [5.41, 5.74) is 3.98. The van der Waals surface area contributed by atoms with Gasteiger partial charge in [0, 0.05) is 49.6 Å². The monoisotopic (exact) mass is 371 g/mol. The van der Waals surface area contributed by atoms with Crippen LogP contribution < -0.4 is 0 Å². The van der Waals surface area contributed by atoms with Crippen LogP contribution in [-0.2, 0) is 11.3 Å². The molecule has 1 aromatic heterocycles. The number of rotatable bonds is 1. The lowest BCUT2D eigenvalue weighted by atomic mass is 9.85. The number of pyridine rings is 1. The molecule has 140 valence electrons. The second-order valence-electron chi connectivity index (χ2n) is 7.64. The molecular formula is C23H21N3O2. The van der Waals surface area contributed by atoms with Crippen LogP contribution in [0.15, 0.2) is 60.8 Å². The summed E-state index contributed by atoms with van der Waals surface area (Å²) < 4.78 is 0. The van der Waals surface area contributed by atoms with Crippen molar-refractivity contribution >= 4 is 22.7 Å². The van der Waals surface area contributed by atoms with Gasteiger partial charge in [0.05, 0.1) is 11.6 Å². The van der Waals surface area contributed by atoms with Gasteiger partial charge in [0.1, 0.15) is 0 Å². The summed E-state index contributed by atoms with van der Waals surface area (Å²) in [6, 6.07) is 17.8. The lowest BCUT2D eigenvalue weighted by Gasteiger charge is -2.38. The van der Waals surface area contributed by atoms with Gasteiger partial charge in [-0.05, 0) is 35.4 Å². The van der Waals surface area contributed by atoms with E-state index in [9.17, 15) is 9.59 Å². The minimum absolute atomic E-state index is 0.0101. The van der Waals surface area contributed by atoms with E-state index in [0.717, 1.165) is 10.9 Å². The van der Waals surface area contributed by atoms with Crippen molar-refractivity contribution in [3.63, 3.8) is 0 Å². The maximum Gasteiger partial charge on any atom is 0.254 e. The van der Waals surface area contributed by atoms with E-state index >= 15 is 0 Å². The zero-order valence-corrected chi connectivity index (χ0v) is 15.7. The Hall–Kier alpha value is -3.21. The molecule has 5 rings (SSSR count). The zero-order valence-electron chi connectivity index (χ0n) is 15.7. The largest absolute Gasteiger partial charge is 0.340 e. The Balaban J connectivity index is 1.54. The topological polar surface area (TPSA) is 53.5 Å². The van der Waals surface area contributed by atoms with Crippen molar-refractivity contribution < 1.29 is 9.59 Å². The highest BCUT2D eigenvalue weighted by atomic mass is 16.2. The molecule has 0 N–H and O–H groups in total. The minimum Gasteiger partial charge on any atom is -0.340 e. The van der Waals surface area contributed by atoms with Gasteiger partial charge < -0.3 is 9.80 Å². The van der Waals surface area contributed by atoms with Crippen molar-refractivity contribution in [2.45, 2.75) is 25.4 Å². The van der Waals surface area contributed by atoms with Gasteiger partial charge in [-0.25, -0.2) is 0 Å². The molecule has 1 saturated heterocycles. The number of nitrogens with zero attached hydrogens (tertiary/aromatic N) is 3. The van der Waals surface area contributed by atoms with Gasteiger partial charge in [0.2, 0.25) is 5.91 Å². The smallest absolute Gasteiger partial charge is 0.254 e. The Bertz CT molecular complexity index is 1090. The molecule has 3 aromatic rings. The van der Waals surface area contributed by atoms with E-state index in [4.69, 9.17) is 0 Å². The van der Waals surface area contributed by atoms with Gasteiger partial charge in [0.25, 0.3) is 5.91 Å². The van der Waals surface area contributed by atoms with Gasteiger partial charge in [-0.1, -0.05) is 30.3 Å². The van der Waals surface area contributed by atoms with Crippen LogP contribution in [0.1, 0.15) is 34.3 Å². The molecule has 0 radical (unpaired) electrons. The van der Waals surface area contributed by atoms with Crippen LogP contribution in [0.25, 0.3) is 10.9 Å². The Morgan fingerprint density at radius 2 is 1.89 bits per heavy atom. The molecule has 0 spiro atoms. The highest BCUT2D eigenvalue weighted by molar-refractivity contribution is 5.98. The second kappa shape index (κ2) is 6.44. The van der Waals surface area contributed by atoms with E-state index in [1.165, 1.54) is 11.1 Å². The quantitative estimate of drug-likeness (QED) is 0.660. The van der Waals surface area contributed by atoms with Crippen LogP contribution in [0.3, 0.4) is 0 Å². The third kappa shape index (κ3) is 2.66. The molecule has 0 aliphatic carbocycles. The van der Waals surface area contributed by atoms with Crippen molar-refractivity contribution in [1.29, 1.82) is 0 Å². The molecule has 5 heteroatoms. The number of hydrogen-bond acceptors (Lipinski definition) is 3. The summed E-state index contributed by atoms with van der Waals surface area (Å²) in [6.07, 6.45) is 1.75. The van der Waals surface area contributed by atoms with Gasteiger partial charge in [-0.3, -0.25) is 14.6 Å². The average Bonchev–Trinajstić information content (AvgIpc) is 3.18. The Labute approximate surface area is 163 Å². The summed E-state index contributed by atoms with van der Waals surface area (Å²) in [6.45, 7) is 3.44. The normalized spacial score (nSPS) is 20.8.